The van der Waals surface area contributed by atoms with Crippen LogP contribution in [-0.4, -0.2) is 42.4 Å². The minimum Gasteiger partial charge on any atom is -0.482 e. The van der Waals surface area contributed by atoms with E-state index in [0.29, 0.717) is 18.8 Å². The second kappa shape index (κ2) is 14.7. The van der Waals surface area contributed by atoms with E-state index in [1.807, 2.05) is 110 Å². The Hall–Kier alpha value is -4.87. The summed E-state index contributed by atoms with van der Waals surface area (Å²) >= 11 is 0. The third-order valence-corrected chi connectivity index (χ3v) is 6.86. The molecular formula is C34H36N4O4. The fraction of sp³-hybridized carbons (Fsp3) is 0.265. The summed E-state index contributed by atoms with van der Waals surface area (Å²) in [7, 11) is 1.58. The van der Waals surface area contributed by atoms with Gasteiger partial charge in [-0.25, -0.2) is 4.68 Å². The van der Waals surface area contributed by atoms with Gasteiger partial charge in [0.2, 0.25) is 5.43 Å². The standard InChI is InChI=1S/C32H30N4O4.C2H6/c1-39-20-19-34-23-35(29(25-13-7-3-8-14-25)26-15-9-4-10-16-26)36-27(17-18-33)21-28(37)31(30(36)32(34)38)40-22-24-11-5-2-6-12-24;1-2/h2-16,21,29H,17,19-20,22-23H2,1H3;1-2H3. The van der Waals surface area contributed by atoms with E-state index in [0.717, 1.165) is 16.7 Å². The van der Waals surface area contributed by atoms with Gasteiger partial charge in [0.05, 0.1) is 30.8 Å². The molecule has 0 N–H and O–H groups in total. The molecule has 216 valence electrons. The number of nitriles is 1. The number of aromatic nitrogens is 1. The molecular weight excluding hydrogens is 528 g/mol. The Morgan fingerprint density at radius 3 is 2.00 bits per heavy atom. The second-order valence-electron chi connectivity index (χ2n) is 9.46. The molecule has 5 rings (SSSR count). The maximum absolute atomic E-state index is 14.0. The van der Waals surface area contributed by atoms with Gasteiger partial charge in [-0.3, -0.25) is 14.6 Å². The third-order valence-electron chi connectivity index (χ3n) is 6.86. The molecule has 4 aromatic rings. The van der Waals surface area contributed by atoms with Gasteiger partial charge >= 0.3 is 0 Å². The molecule has 0 unspecified atom stereocenters. The van der Waals surface area contributed by atoms with Crippen LogP contribution in [0.2, 0.25) is 0 Å². The quantitative estimate of drug-likeness (QED) is 0.260. The first-order chi connectivity index (χ1) is 20.6. The number of fused-ring (bicyclic) bond motifs is 1. The van der Waals surface area contributed by atoms with Gasteiger partial charge in [-0.1, -0.05) is 105 Å². The first-order valence-corrected chi connectivity index (χ1v) is 14.1. The lowest BCUT2D eigenvalue weighted by Gasteiger charge is -2.45. The summed E-state index contributed by atoms with van der Waals surface area (Å²) in [4.78, 5) is 29.1. The minimum atomic E-state index is -0.440. The second-order valence-corrected chi connectivity index (χ2v) is 9.46. The van der Waals surface area contributed by atoms with E-state index >= 15 is 0 Å². The predicted molar refractivity (Wildman–Crippen MR) is 163 cm³/mol. The summed E-state index contributed by atoms with van der Waals surface area (Å²) < 4.78 is 13.1. The normalized spacial score (nSPS) is 12.3. The fourth-order valence-corrected chi connectivity index (χ4v) is 5.02. The lowest BCUT2D eigenvalue weighted by Crippen LogP contribution is -2.57. The highest BCUT2D eigenvalue weighted by Crippen LogP contribution is 2.33. The van der Waals surface area contributed by atoms with E-state index in [1.54, 1.807) is 16.7 Å². The highest BCUT2D eigenvalue weighted by Gasteiger charge is 2.38. The molecule has 8 nitrogen and oxygen atoms in total. The molecule has 1 aliphatic rings. The number of carbonyl (C=O) groups is 1. The van der Waals surface area contributed by atoms with Crippen LogP contribution in [0, 0.1) is 11.3 Å². The number of nitrogens with zero attached hydrogens (tertiary/aromatic N) is 4. The highest BCUT2D eigenvalue weighted by molar-refractivity contribution is 5.96. The molecule has 0 atom stereocenters. The number of pyridine rings is 1. The SMILES string of the molecule is CC.COCCN1CN(C(c2ccccc2)c2ccccc2)n2c(CC#N)cc(=O)c(OCc3ccccc3)c2C1=O. The van der Waals surface area contributed by atoms with Gasteiger partial charge in [-0.15, -0.1) is 0 Å². The molecule has 1 amide bonds. The van der Waals surface area contributed by atoms with Crippen LogP contribution in [0.5, 0.6) is 5.75 Å². The van der Waals surface area contributed by atoms with Crippen LogP contribution >= 0.6 is 0 Å². The average Bonchev–Trinajstić information content (AvgIpc) is 3.04. The fourth-order valence-electron chi connectivity index (χ4n) is 5.02. The van der Waals surface area contributed by atoms with E-state index in [2.05, 4.69) is 6.07 Å². The van der Waals surface area contributed by atoms with Crippen LogP contribution in [0.25, 0.3) is 0 Å². The number of benzene rings is 3. The molecule has 0 saturated carbocycles. The van der Waals surface area contributed by atoms with Crippen molar-refractivity contribution in [2.24, 2.45) is 0 Å². The van der Waals surface area contributed by atoms with E-state index < -0.39 is 5.43 Å². The smallest absolute Gasteiger partial charge is 0.277 e. The van der Waals surface area contributed by atoms with E-state index in [9.17, 15) is 14.9 Å². The molecule has 0 aliphatic carbocycles. The first kappa shape index (κ1) is 30.1. The summed E-state index contributed by atoms with van der Waals surface area (Å²) in [5.41, 5.74) is 2.94. The van der Waals surface area contributed by atoms with Crippen LogP contribution < -0.4 is 15.2 Å². The van der Waals surface area contributed by atoms with Gasteiger partial charge in [0.1, 0.15) is 13.3 Å². The Balaban J connectivity index is 0.00000198. The molecule has 0 bridgehead atoms. The first-order valence-electron chi connectivity index (χ1n) is 14.1. The van der Waals surface area contributed by atoms with E-state index in [1.165, 1.54) is 6.07 Å². The number of amides is 1. The zero-order valence-corrected chi connectivity index (χ0v) is 24.3. The molecule has 0 saturated heterocycles. The van der Waals surface area contributed by atoms with Crippen molar-refractivity contribution in [3.8, 4) is 11.8 Å². The number of hydrogen-bond acceptors (Lipinski definition) is 6. The van der Waals surface area contributed by atoms with Gasteiger partial charge in [0.25, 0.3) is 5.91 Å². The van der Waals surface area contributed by atoms with Crippen molar-refractivity contribution < 1.29 is 14.3 Å². The zero-order valence-electron chi connectivity index (χ0n) is 24.3. The monoisotopic (exact) mass is 564 g/mol. The zero-order chi connectivity index (χ0) is 29.9. The lowest BCUT2D eigenvalue weighted by molar-refractivity contribution is 0.0609. The average molecular weight is 565 g/mol. The third kappa shape index (κ3) is 6.54. The number of hydrogen-bond donors (Lipinski definition) is 0. The predicted octanol–water partition coefficient (Wildman–Crippen LogP) is 5.31. The highest BCUT2D eigenvalue weighted by atomic mass is 16.5. The number of methoxy groups -OCH3 is 1. The Bertz CT molecular complexity index is 1510. The van der Waals surface area contributed by atoms with Crippen molar-refractivity contribution >= 4 is 5.91 Å². The van der Waals surface area contributed by atoms with E-state index in [4.69, 9.17) is 9.47 Å². The lowest BCUT2D eigenvalue weighted by atomic mass is 9.98. The van der Waals surface area contributed by atoms with Gasteiger partial charge in [0.15, 0.2) is 11.4 Å². The Kier molecular flexibility index (Phi) is 10.5. The summed E-state index contributed by atoms with van der Waals surface area (Å²) in [5.74, 6) is -0.393. The molecule has 2 heterocycles. The molecule has 42 heavy (non-hydrogen) atoms. The van der Waals surface area contributed by atoms with Gasteiger partial charge in [0, 0.05) is 19.7 Å². The topological polar surface area (TPSA) is 87.8 Å². The van der Waals surface area contributed by atoms with Crippen molar-refractivity contribution in [2.45, 2.75) is 32.9 Å². The summed E-state index contributed by atoms with van der Waals surface area (Å²) in [6, 6.07) is 32.7. The van der Waals surface area contributed by atoms with Crippen LogP contribution in [0.3, 0.4) is 0 Å². The number of rotatable bonds is 10. The summed E-state index contributed by atoms with van der Waals surface area (Å²) in [6.45, 7) is 4.97. The minimum absolute atomic E-state index is 0.0393. The molecule has 1 aromatic heterocycles. The molecule has 0 spiro atoms. The Morgan fingerprint density at radius 2 is 1.45 bits per heavy atom. The van der Waals surface area contributed by atoms with Crippen LogP contribution in [0.15, 0.2) is 102 Å². The van der Waals surface area contributed by atoms with Gasteiger partial charge in [-0.05, 0) is 16.7 Å². The molecule has 0 radical (unpaired) electrons. The number of ether oxygens (including phenoxy) is 2. The maximum Gasteiger partial charge on any atom is 0.277 e. The van der Waals surface area contributed by atoms with Crippen molar-refractivity contribution in [3.63, 3.8) is 0 Å². The molecule has 1 aliphatic heterocycles. The van der Waals surface area contributed by atoms with Crippen LogP contribution in [0.4, 0.5) is 0 Å². The van der Waals surface area contributed by atoms with Gasteiger partial charge in [-0.2, -0.15) is 5.26 Å². The van der Waals surface area contributed by atoms with Crippen molar-refractivity contribution in [1.82, 2.24) is 9.58 Å². The van der Waals surface area contributed by atoms with Crippen molar-refractivity contribution in [3.05, 3.63) is 135 Å². The molecule has 8 heteroatoms. The van der Waals surface area contributed by atoms with Crippen molar-refractivity contribution in [1.29, 1.82) is 5.26 Å². The Morgan fingerprint density at radius 1 is 0.881 bits per heavy atom. The van der Waals surface area contributed by atoms with Gasteiger partial charge < -0.3 is 14.4 Å². The van der Waals surface area contributed by atoms with E-state index in [-0.39, 0.29) is 43.1 Å². The largest absolute Gasteiger partial charge is 0.482 e. The molecule has 0 fully saturated rings. The van der Waals surface area contributed by atoms with Crippen LogP contribution in [-0.2, 0) is 17.8 Å². The van der Waals surface area contributed by atoms with Crippen LogP contribution in [0.1, 0.15) is 52.8 Å². The molecule has 3 aromatic carbocycles. The maximum atomic E-state index is 14.0. The summed E-state index contributed by atoms with van der Waals surface area (Å²) in [6.07, 6.45) is -0.0562. The Labute approximate surface area is 246 Å². The summed E-state index contributed by atoms with van der Waals surface area (Å²) in [5, 5.41) is 11.7. The number of carbonyl (C=O) groups excluding carboxylic acids is 1. The van der Waals surface area contributed by atoms with Crippen molar-refractivity contribution in [2.75, 3.05) is 31.9 Å².